The van der Waals surface area contributed by atoms with Crippen LogP contribution in [0.1, 0.15) is 0 Å². The summed E-state index contributed by atoms with van der Waals surface area (Å²) in [6.07, 6.45) is -0.599. The SMILES string of the molecule is NCCNC(O)CN. The van der Waals surface area contributed by atoms with E-state index >= 15 is 0 Å². The number of rotatable bonds is 4. The number of aliphatic hydroxyl groups is 1. The second kappa shape index (κ2) is 4.99. The van der Waals surface area contributed by atoms with Gasteiger partial charge in [0.1, 0.15) is 6.23 Å². The van der Waals surface area contributed by atoms with Crippen LogP contribution >= 0.6 is 0 Å². The molecule has 0 bridgehead atoms. The molecule has 0 spiro atoms. The summed E-state index contributed by atoms with van der Waals surface area (Å²) < 4.78 is 0. The number of nitrogens with two attached hydrogens (primary N) is 2. The van der Waals surface area contributed by atoms with Gasteiger partial charge in [-0.25, -0.2) is 0 Å². The second-order valence-electron chi connectivity index (χ2n) is 1.49. The fourth-order valence-electron chi connectivity index (χ4n) is 0.333. The Bertz CT molecular complexity index is 50.5. The molecule has 0 saturated carbocycles. The molecule has 0 aromatic rings. The minimum atomic E-state index is -0.599. The van der Waals surface area contributed by atoms with Gasteiger partial charge in [0.25, 0.3) is 0 Å². The Morgan fingerprint density at radius 1 is 1.50 bits per heavy atom. The van der Waals surface area contributed by atoms with E-state index in [0.717, 1.165) is 0 Å². The van der Waals surface area contributed by atoms with E-state index in [2.05, 4.69) is 5.32 Å². The average Bonchev–Trinajstić information content (AvgIpc) is 1.83. The van der Waals surface area contributed by atoms with Crippen molar-refractivity contribution in [3.05, 3.63) is 0 Å². The normalized spacial score (nSPS) is 13.9. The van der Waals surface area contributed by atoms with E-state index in [1.54, 1.807) is 0 Å². The molecule has 1 atom stereocenters. The maximum absolute atomic E-state index is 8.70. The molecule has 0 saturated heterocycles. The highest BCUT2D eigenvalue weighted by atomic mass is 16.3. The Kier molecular flexibility index (Phi) is 4.89. The molecule has 0 fully saturated rings. The van der Waals surface area contributed by atoms with Crippen molar-refractivity contribution in [2.24, 2.45) is 11.5 Å². The molecule has 8 heavy (non-hydrogen) atoms. The zero-order valence-electron chi connectivity index (χ0n) is 4.80. The van der Waals surface area contributed by atoms with Crippen LogP contribution in [0.5, 0.6) is 0 Å². The number of hydrogen-bond donors (Lipinski definition) is 4. The van der Waals surface area contributed by atoms with Crippen LogP contribution in [0.3, 0.4) is 0 Å². The van der Waals surface area contributed by atoms with Crippen LogP contribution in [-0.4, -0.2) is 31.0 Å². The quantitative estimate of drug-likeness (QED) is 0.317. The Labute approximate surface area is 48.9 Å². The zero-order valence-corrected chi connectivity index (χ0v) is 4.80. The average molecular weight is 119 g/mol. The molecule has 4 nitrogen and oxygen atoms in total. The minimum absolute atomic E-state index is 0.236. The monoisotopic (exact) mass is 119 g/mol. The Morgan fingerprint density at radius 2 is 2.12 bits per heavy atom. The first kappa shape index (κ1) is 7.84. The van der Waals surface area contributed by atoms with E-state index in [1.165, 1.54) is 0 Å². The van der Waals surface area contributed by atoms with E-state index in [1.807, 2.05) is 0 Å². The number of nitrogens with one attached hydrogen (secondary N) is 1. The lowest BCUT2D eigenvalue weighted by atomic mass is 10.5. The van der Waals surface area contributed by atoms with Gasteiger partial charge in [-0.2, -0.15) is 0 Å². The van der Waals surface area contributed by atoms with Crippen molar-refractivity contribution in [2.75, 3.05) is 19.6 Å². The van der Waals surface area contributed by atoms with Crippen LogP contribution in [0.4, 0.5) is 0 Å². The number of hydrogen-bond acceptors (Lipinski definition) is 4. The predicted octanol–water partition coefficient (Wildman–Crippen LogP) is -2.19. The van der Waals surface area contributed by atoms with E-state index in [9.17, 15) is 0 Å². The third kappa shape index (κ3) is 4.01. The first-order valence-electron chi connectivity index (χ1n) is 2.63. The minimum Gasteiger partial charge on any atom is -0.377 e. The fraction of sp³-hybridized carbons (Fsp3) is 1.00. The maximum Gasteiger partial charge on any atom is 0.117 e. The number of aliphatic hydroxyl groups excluding tert-OH is 1. The molecule has 0 aromatic carbocycles. The fourth-order valence-corrected chi connectivity index (χ4v) is 0.333. The van der Waals surface area contributed by atoms with Gasteiger partial charge in [-0.1, -0.05) is 0 Å². The summed E-state index contributed by atoms with van der Waals surface area (Å²) in [6, 6.07) is 0. The summed E-state index contributed by atoms with van der Waals surface area (Å²) >= 11 is 0. The van der Waals surface area contributed by atoms with Crippen LogP contribution < -0.4 is 16.8 Å². The van der Waals surface area contributed by atoms with Crippen molar-refractivity contribution in [3.8, 4) is 0 Å². The molecule has 0 aliphatic rings. The Balaban J connectivity index is 2.86. The summed E-state index contributed by atoms with van der Waals surface area (Å²) in [5.74, 6) is 0. The lowest BCUT2D eigenvalue weighted by Crippen LogP contribution is -2.38. The van der Waals surface area contributed by atoms with Crippen LogP contribution in [-0.2, 0) is 0 Å². The zero-order chi connectivity index (χ0) is 6.41. The molecule has 0 heterocycles. The summed E-state index contributed by atoms with van der Waals surface area (Å²) in [5.41, 5.74) is 10.2. The van der Waals surface area contributed by atoms with Gasteiger partial charge < -0.3 is 16.6 Å². The standard InChI is InChI=1S/C4H13N3O/c5-1-2-7-4(8)3-6/h4,7-8H,1-3,5-6H2. The predicted molar refractivity (Wildman–Crippen MR) is 32.1 cm³/mol. The second-order valence-corrected chi connectivity index (χ2v) is 1.49. The molecule has 6 N–H and O–H groups in total. The van der Waals surface area contributed by atoms with Gasteiger partial charge >= 0.3 is 0 Å². The lowest BCUT2D eigenvalue weighted by Gasteiger charge is -2.07. The molecule has 0 amide bonds. The van der Waals surface area contributed by atoms with E-state index < -0.39 is 6.23 Å². The van der Waals surface area contributed by atoms with Gasteiger partial charge in [0, 0.05) is 19.6 Å². The third-order valence-corrected chi connectivity index (χ3v) is 0.748. The molecule has 0 radical (unpaired) electrons. The van der Waals surface area contributed by atoms with Crippen LogP contribution in [0.25, 0.3) is 0 Å². The van der Waals surface area contributed by atoms with Crippen molar-refractivity contribution in [2.45, 2.75) is 6.23 Å². The van der Waals surface area contributed by atoms with Crippen molar-refractivity contribution < 1.29 is 5.11 Å². The summed E-state index contributed by atoms with van der Waals surface area (Å²) in [4.78, 5) is 0. The molecule has 4 heteroatoms. The van der Waals surface area contributed by atoms with Gasteiger partial charge in [0.15, 0.2) is 0 Å². The maximum atomic E-state index is 8.70. The van der Waals surface area contributed by atoms with Gasteiger partial charge in [-0.15, -0.1) is 0 Å². The molecule has 50 valence electrons. The van der Waals surface area contributed by atoms with Crippen LogP contribution in [0.15, 0.2) is 0 Å². The van der Waals surface area contributed by atoms with E-state index in [0.29, 0.717) is 13.1 Å². The highest BCUT2D eigenvalue weighted by Crippen LogP contribution is 1.65. The molecule has 0 aliphatic carbocycles. The van der Waals surface area contributed by atoms with Crippen LogP contribution in [0.2, 0.25) is 0 Å². The highest BCUT2D eigenvalue weighted by Gasteiger charge is 1.94. The first-order chi connectivity index (χ1) is 3.81. The highest BCUT2D eigenvalue weighted by molar-refractivity contribution is 4.52. The largest absolute Gasteiger partial charge is 0.377 e. The van der Waals surface area contributed by atoms with Crippen molar-refractivity contribution >= 4 is 0 Å². The molecule has 0 rings (SSSR count). The molecular formula is C4H13N3O. The van der Waals surface area contributed by atoms with Crippen molar-refractivity contribution in [1.29, 1.82) is 0 Å². The Hall–Kier alpha value is -0.160. The smallest absolute Gasteiger partial charge is 0.117 e. The first-order valence-corrected chi connectivity index (χ1v) is 2.63. The van der Waals surface area contributed by atoms with Crippen LogP contribution in [0, 0.1) is 0 Å². The lowest BCUT2D eigenvalue weighted by molar-refractivity contribution is 0.147. The van der Waals surface area contributed by atoms with E-state index in [-0.39, 0.29) is 6.54 Å². The van der Waals surface area contributed by atoms with Gasteiger partial charge in [0.05, 0.1) is 0 Å². The molecule has 0 aliphatic heterocycles. The van der Waals surface area contributed by atoms with Crippen molar-refractivity contribution in [3.63, 3.8) is 0 Å². The third-order valence-electron chi connectivity index (χ3n) is 0.748. The molecule has 0 aromatic heterocycles. The Morgan fingerprint density at radius 3 is 2.50 bits per heavy atom. The summed E-state index contributed by atoms with van der Waals surface area (Å²) in [6.45, 7) is 1.37. The topological polar surface area (TPSA) is 84.3 Å². The van der Waals surface area contributed by atoms with Gasteiger partial charge in [0.2, 0.25) is 0 Å². The summed E-state index contributed by atoms with van der Waals surface area (Å²) in [5, 5.41) is 11.4. The van der Waals surface area contributed by atoms with Crippen molar-refractivity contribution in [1.82, 2.24) is 5.32 Å². The van der Waals surface area contributed by atoms with Gasteiger partial charge in [-0.3, -0.25) is 5.32 Å². The van der Waals surface area contributed by atoms with E-state index in [4.69, 9.17) is 16.6 Å². The molecular weight excluding hydrogens is 106 g/mol. The molecule has 1 unspecified atom stereocenters. The van der Waals surface area contributed by atoms with Gasteiger partial charge in [-0.05, 0) is 0 Å². The summed E-state index contributed by atoms with van der Waals surface area (Å²) in [7, 11) is 0.